The molecule has 1 N–H and O–H groups in total. The lowest BCUT2D eigenvalue weighted by molar-refractivity contribution is -0.131. The lowest BCUT2D eigenvalue weighted by atomic mass is 9.76. The van der Waals surface area contributed by atoms with E-state index in [4.69, 9.17) is 14.2 Å². The standard InChI is InChI=1S/C23H24N2O6/c1-29-18-11-15(12-19(30-2)20(18)31-3)17(26)13-25-21(27)23(24-22(25)28)10-6-8-14-7-4-5-9-16(14)23/h4-5,7,9,11-12H,6,8,10,13H2,1-3H3,(H,24,28). The second kappa shape index (κ2) is 7.94. The van der Waals surface area contributed by atoms with Gasteiger partial charge in [-0.2, -0.15) is 0 Å². The molecule has 162 valence electrons. The zero-order valence-electron chi connectivity index (χ0n) is 17.7. The number of nitrogens with one attached hydrogen (secondary N) is 1. The van der Waals surface area contributed by atoms with Gasteiger partial charge >= 0.3 is 6.03 Å². The average Bonchev–Trinajstić information content (AvgIpc) is 3.02. The van der Waals surface area contributed by atoms with Crippen molar-refractivity contribution in [3.8, 4) is 17.2 Å². The minimum absolute atomic E-state index is 0.250. The number of imide groups is 1. The highest BCUT2D eigenvalue weighted by atomic mass is 16.5. The van der Waals surface area contributed by atoms with Gasteiger partial charge in [-0.25, -0.2) is 4.79 Å². The van der Waals surface area contributed by atoms with Crippen LogP contribution in [-0.4, -0.2) is 50.5 Å². The zero-order valence-corrected chi connectivity index (χ0v) is 17.7. The van der Waals surface area contributed by atoms with Crippen molar-refractivity contribution < 1.29 is 28.6 Å². The highest BCUT2D eigenvalue weighted by Crippen LogP contribution is 2.41. The van der Waals surface area contributed by atoms with Crippen molar-refractivity contribution >= 4 is 17.7 Å². The van der Waals surface area contributed by atoms with Gasteiger partial charge in [0.1, 0.15) is 5.54 Å². The zero-order chi connectivity index (χ0) is 22.2. The average molecular weight is 424 g/mol. The van der Waals surface area contributed by atoms with Crippen LogP contribution in [0.4, 0.5) is 4.79 Å². The third-order valence-electron chi connectivity index (χ3n) is 5.94. The second-order valence-corrected chi connectivity index (χ2v) is 7.57. The molecule has 31 heavy (non-hydrogen) atoms. The molecule has 1 saturated heterocycles. The second-order valence-electron chi connectivity index (χ2n) is 7.57. The summed E-state index contributed by atoms with van der Waals surface area (Å²) in [4.78, 5) is 40.2. The predicted molar refractivity (Wildman–Crippen MR) is 112 cm³/mol. The Morgan fingerprint density at radius 2 is 1.74 bits per heavy atom. The maximum Gasteiger partial charge on any atom is 0.325 e. The number of ether oxygens (including phenoxy) is 3. The third kappa shape index (κ3) is 3.28. The van der Waals surface area contributed by atoms with Gasteiger partial charge in [-0.05, 0) is 42.5 Å². The van der Waals surface area contributed by atoms with Gasteiger partial charge < -0.3 is 19.5 Å². The highest BCUT2D eigenvalue weighted by molar-refractivity contribution is 6.11. The molecular formula is C23H24N2O6. The number of hydrogen-bond donors (Lipinski definition) is 1. The fraction of sp³-hybridized carbons (Fsp3) is 0.348. The Kier molecular flexibility index (Phi) is 5.31. The van der Waals surface area contributed by atoms with Crippen LogP contribution in [0, 0.1) is 0 Å². The summed E-state index contributed by atoms with van der Waals surface area (Å²) in [6.45, 7) is -0.382. The molecule has 1 heterocycles. The van der Waals surface area contributed by atoms with Crippen LogP contribution in [0.3, 0.4) is 0 Å². The van der Waals surface area contributed by atoms with E-state index >= 15 is 0 Å². The Morgan fingerprint density at radius 3 is 2.39 bits per heavy atom. The molecule has 1 unspecified atom stereocenters. The van der Waals surface area contributed by atoms with Crippen molar-refractivity contribution in [3.63, 3.8) is 0 Å². The van der Waals surface area contributed by atoms with E-state index < -0.39 is 23.3 Å². The van der Waals surface area contributed by atoms with Crippen molar-refractivity contribution in [2.75, 3.05) is 27.9 Å². The summed E-state index contributed by atoms with van der Waals surface area (Å²) in [5.41, 5.74) is 0.990. The lowest BCUT2D eigenvalue weighted by Crippen LogP contribution is -2.46. The van der Waals surface area contributed by atoms with E-state index in [1.807, 2.05) is 24.3 Å². The number of carbonyl (C=O) groups excluding carboxylic acids is 3. The van der Waals surface area contributed by atoms with E-state index in [2.05, 4.69) is 5.32 Å². The molecule has 2 aromatic carbocycles. The maximum atomic E-state index is 13.4. The minimum atomic E-state index is -1.11. The molecule has 3 amide bonds. The first-order chi connectivity index (χ1) is 14.9. The summed E-state index contributed by atoms with van der Waals surface area (Å²) in [6, 6.07) is 10.1. The van der Waals surface area contributed by atoms with E-state index in [1.165, 1.54) is 33.5 Å². The molecule has 0 aromatic heterocycles. The number of Topliss-reactive ketones (excluding diaryl/α,β-unsaturated/α-hetero) is 1. The van der Waals surface area contributed by atoms with Crippen LogP contribution >= 0.6 is 0 Å². The fourth-order valence-corrected chi connectivity index (χ4v) is 4.43. The van der Waals surface area contributed by atoms with Crippen LogP contribution in [0.2, 0.25) is 0 Å². The Hall–Kier alpha value is -3.55. The molecule has 0 radical (unpaired) electrons. The first kappa shape index (κ1) is 20.7. The summed E-state index contributed by atoms with van der Waals surface area (Å²) in [5.74, 6) is 0.184. The molecule has 1 aliphatic heterocycles. The number of urea groups is 1. The molecule has 8 heteroatoms. The third-order valence-corrected chi connectivity index (χ3v) is 5.94. The highest BCUT2D eigenvalue weighted by Gasteiger charge is 2.54. The van der Waals surface area contributed by atoms with Gasteiger partial charge in [0.05, 0.1) is 27.9 Å². The molecular weight excluding hydrogens is 400 g/mol. The molecule has 1 fully saturated rings. The normalized spacial score (nSPS) is 19.8. The number of methoxy groups -OCH3 is 3. The molecule has 4 rings (SSSR count). The molecule has 8 nitrogen and oxygen atoms in total. The number of rotatable bonds is 6. The van der Waals surface area contributed by atoms with E-state index in [0.29, 0.717) is 23.7 Å². The summed E-state index contributed by atoms with van der Waals surface area (Å²) in [7, 11) is 4.37. The number of ketones is 1. The molecule has 2 aromatic rings. The van der Waals surface area contributed by atoms with Gasteiger partial charge in [-0.3, -0.25) is 14.5 Å². The van der Waals surface area contributed by atoms with Crippen LogP contribution in [-0.2, 0) is 16.8 Å². The fourth-order valence-electron chi connectivity index (χ4n) is 4.43. The lowest BCUT2D eigenvalue weighted by Gasteiger charge is -2.33. The number of benzene rings is 2. The van der Waals surface area contributed by atoms with E-state index in [1.54, 1.807) is 0 Å². The molecule has 0 bridgehead atoms. The Morgan fingerprint density at radius 1 is 1.06 bits per heavy atom. The number of aryl methyl sites for hydroxylation is 1. The molecule has 0 saturated carbocycles. The van der Waals surface area contributed by atoms with Gasteiger partial charge in [0.2, 0.25) is 5.75 Å². The van der Waals surface area contributed by atoms with Gasteiger partial charge in [0, 0.05) is 5.56 Å². The number of nitrogens with zero attached hydrogens (tertiary/aromatic N) is 1. The van der Waals surface area contributed by atoms with Crippen molar-refractivity contribution in [1.29, 1.82) is 0 Å². The maximum absolute atomic E-state index is 13.4. The summed E-state index contributed by atoms with van der Waals surface area (Å²) in [5, 5.41) is 2.86. The van der Waals surface area contributed by atoms with Crippen molar-refractivity contribution in [3.05, 3.63) is 53.1 Å². The largest absolute Gasteiger partial charge is 0.493 e. The molecule has 2 aliphatic rings. The van der Waals surface area contributed by atoms with E-state index in [9.17, 15) is 14.4 Å². The van der Waals surface area contributed by atoms with Gasteiger partial charge in [0.15, 0.2) is 17.3 Å². The summed E-state index contributed by atoms with van der Waals surface area (Å²) < 4.78 is 15.9. The Balaban J connectivity index is 1.63. The van der Waals surface area contributed by atoms with Crippen LogP contribution in [0.25, 0.3) is 0 Å². The molecule has 1 spiro atoms. The van der Waals surface area contributed by atoms with Crippen LogP contribution in [0.15, 0.2) is 36.4 Å². The number of carbonyl (C=O) groups is 3. The van der Waals surface area contributed by atoms with E-state index in [-0.39, 0.29) is 12.1 Å². The van der Waals surface area contributed by atoms with Crippen molar-refractivity contribution in [2.45, 2.75) is 24.8 Å². The SMILES string of the molecule is COc1cc(C(=O)CN2C(=O)NC3(CCCc4ccccc43)C2=O)cc(OC)c1OC. The first-order valence-electron chi connectivity index (χ1n) is 10.0. The minimum Gasteiger partial charge on any atom is -0.493 e. The predicted octanol–water partition coefficient (Wildman–Crippen LogP) is 2.68. The van der Waals surface area contributed by atoms with E-state index in [0.717, 1.165) is 28.9 Å². The van der Waals surface area contributed by atoms with Gasteiger partial charge in [0.25, 0.3) is 5.91 Å². The monoisotopic (exact) mass is 424 g/mol. The quantitative estimate of drug-likeness (QED) is 0.566. The molecule has 1 aliphatic carbocycles. The van der Waals surface area contributed by atoms with Crippen molar-refractivity contribution in [2.24, 2.45) is 0 Å². The Labute approximate surface area is 180 Å². The number of fused-ring (bicyclic) bond motifs is 2. The summed E-state index contributed by atoms with van der Waals surface area (Å²) in [6.07, 6.45) is 2.13. The van der Waals surface area contributed by atoms with Crippen LogP contribution < -0.4 is 19.5 Å². The molecule has 1 atom stereocenters. The smallest absolute Gasteiger partial charge is 0.325 e. The number of hydrogen-bond acceptors (Lipinski definition) is 6. The Bertz CT molecular complexity index is 1040. The summed E-state index contributed by atoms with van der Waals surface area (Å²) >= 11 is 0. The topological polar surface area (TPSA) is 94.2 Å². The van der Waals surface area contributed by atoms with Crippen LogP contribution in [0.5, 0.6) is 17.2 Å². The van der Waals surface area contributed by atoms with Crippen molar-refractivity contribution in [1.82, 2.24) is 10.2 Å². The van der Waals surface area contributed by atoms with Gasteiger partial charge in [-0.1, -0.05) is 24.3 Å². The van der Waals surface area contributed by atoms with Crippen LogP contribution in [0.1, 0.15) is 34.3 Å². The first-order valence-corrected chi connectivity index (χ1v) is 10.0. The van der Waals surface area contributed by atoms with Gasteiger partial charge in [-0.15, -0.1) is 0 Å². The number of amides is 3.